The molecule has 3 unspecified atom stereocenters. The summed E-state index contributed by atoms with van der Waals surface area (Å²) in [6, 6.07) is 0.754. The summed E-state index contributed by atoms with van der Waals surface area (Å²) in [5, 5.41) is 3.42. The fraction of sp³-hybridized carbons (Fsp3) is 0.917. The molecule has 0 aromatic rings. The van der Waals surface area contributed by atoms with Gasteiger partial charge in [-0.15, -0.1) is 0 Å². The molecule has 1 aliphatic rings. The van der Waals surface area contributed by atoms with Gasteiger partial charge in [-0.1, -0.05) is 6.92 Å². The molecule has 1 rings (SSSR count). The Morgan fingerprint density at radius 1 is 1.50 bits per heavy atom. The summed E-state index contributed by atoms with van der Waals surface area (Å²) < 4.78 is 5.13. The van der Waals surface area contributed by atoms with Crippen molar-refractivity contribution in [1.29, 1.82) is 0 Å². The van der Waals surface area contributed by atoms with E-state index in [4.69, 9.17) is 4.74 Å². The van der Waals surface area contributed by atoms with E-state index >= 15 is 0 Å². The molecule has 1 heterocycles. The number of rotatable bonds is 4. The predicted molar refractivity (Wildman–Crippen MR) is 64.3 cm³/mol. The Labute approximate surface area is 98.3 Å². The molecule has 16 heavy (non-hydrogen) atoms. The second-order valence-electron chi connectivity index (χ2n) is 4.53. The minimum Gasteiger partial charge on any atom is -0.465 e. The number of nitrogens with one attached hydrogen (secondary N) is 1. The van der Waals surface area contributed by atoms with Crippen molar-refractivity contribution in [3.05, 3.63) is 0 Å². The first-order valence-corrected chi connectivity index (χ1v) is 6.25. The SMILES string of the molecule is CCOC(=O)C(CC)N1CC(C)NCC1C. The zero-order valence-electron chi connectivity index (χ0n) is 10.8. The van der Waals surface area contributed by atoms with Gasteiger partial charge in [0.25, 0.3) is 0 Å². The average molecular weight is 228 g/mol. The molecule has 1 N–H and O–H groups in total. The highest BCUT2D eigenvalue weighted by atomic mass is 16.5. The highest BCUT2D eigenvalue weighted by Crippen LogP contribution is 2.15. The molecule has 0 bridgehead atoms. The molecule has 1 saturated heterocycles. The first-order chi connectivity index (χ1) is 7.60. The van der Waals surface area contributed by atoms with Crippen LogP contribution in [0.15, 0.2) is 0 Å². The molecule has 0 amide bonds. The monoisotopic (exact) mass is 228 g/mol. The molecule has 1 aliphatic heterocycles. The minimum absolute atomic E-state index is 0.0778. The number of nitrogens with zero attached hydrogens (tertiary/aromatic N) is 1. The van der Waals surface area contributed by atoms with E-state index in [0.717, 1.165) is 19.5 Å². The number of ether oxygens (including phenoxy) is 1. The standard InChI is InChI=1S/C12H24N2O2/c1-5-11(12(15)16-6-2)14-8-9(3)13-7-10(14)4/h9-11,13H,5-8H2,1-4H3. The van der Waals surface area contributed by atoms with Gasteiger partial charge in [-0.2, -0.15) is 0 Å². The highest BCUT2D eigenvalue weighted by Gasteiger charge is 2.32. The fourth-order valence-electron chi connectivity index (χ4n) is 2.26. The Morgan fingerprint density at radius 3 is 2.75 bits per heavy atom. The maximum absolute atomic E-state index is 11.8. The third-order valence-corrected chi connectivity index (χ3v) is 3.16. The number of piperazine rings is 1. The Hall–Kier alpha value is -0.610. The largest absolute Gasteiger partial charge is 0.465 e. The first kappa shape index (κ1) is 13.5. The third kappa shape index (κ3) is 3.19. The second-order valence-corrected chi connectivity index (χ2v) is 4.53. The summed E-state index contributed by atoms with van der Waals surface area (Å²) in [5.74, 6) is -0.0778. The zero-order valence-corrected chi connectivity index (χ0v) is 10.8. The summed E-state index contributed by atoms with van der Waals surface area (Å²) in [6.07, 6.45) is 0.815. The molecule has 0 aliphatic carbocycles. The summed E-state index contributed by atoms with van der Waals surface area (Å²) in [4.78, 5) is 14.1. The van der Waals surface area contributed by atoms with Crippen LogP contribution in [0.3, 0.4) is 0 Å². The van der Waals surface area contributed by atoms with Crippen LogP contribution in [0.2, 0.25) is 0 Å². The molecule has 94 valence electrons. The van der Waals surface area contributed by atoms with Crippen molar-refractivity contribution >= 4 is 5.97 Å². The molecule has 4 heteroatoms. The molecule has 0 saturated carbocycles. The Morgan fingerprint density at radius 2 is 2.19 bits per heavy atom. The molecule has 0 radical (unpaired) electrons. The quantitative estimate of drug-likeness (QED) is 0.729. The van der Waals surface area contributed by atoms with Crippen LogP contribution in [-0.4, -0.2) is 48.7 Å². The van der Waals surface area contributed by atoms with Crippen molar-refractivity contribution in [3.63, 3.8) is 0 Å². The Bertz CT molecular complexity index is 233. The van der Waals surface area contributed by atoms with Crippen LogP contribution in [0.1, 0.15) is 34.1 Å². The van der Waals surface area contributed by atoms with E-state index in [0.29, 0.717) is 18.7 Å². The van der Waals surface area contributed by atoms with Crippen LogP contribution < -0.4 is 5.32 Å². The van der Waals surface area contributed by atoms with E-state index in [1.807, 2.05) is 13.8 Å². The van der Waals surface area contributed by atoms with E-state index in [1.165, 1.54) is 0 Å². The first-order valence-electron chi connectivity index (χ1n) is 6.25. The minimum atomic E-state index is -0.0838. The Kier molecular flexibility index (Phi) is 5.22. The number of hydrogen-bond donors (Lipinski definition) is 1. The summed E-state index contributed by atoms with van der Waals surface area (Å²) in [5.41, 5.74) is 0. The fourth-order valence-corrected chi connectivity index (χ4v) is 2.26. The van der Waals surface area contributed by atoms with Gasteiger partial charge >= 0.3 is 5.97 Å². The lowest BCUT2D eigenvalue weighted by atomic mass is 10.1. The molecule has 0 spiro atoms. The van der Waals surface area contributed by atoms with Crippen molar-refractivity contribution < 1.29 is 9.53 Å². The van der Waals surface area contributed by atoms with Crippen LogP contribution >= 0.6 is 0 Å². The van der Waals surface area contributed by atoms with E-state index in [-0.39, 0.29) is 12.0 Å². The molecule has 3 atom stereocenters. The van der Waals surface area contributed by atoms with Gasteiger partial charge in [0, 0.05) is 25.2 Å². The Balaban J connectivity index is 2.66. The lowest BCUT2D eigenvalue weighted by Crippen LogP contribution is -2.59. The number of carbonyl (C=O) groups excluding carboxylic acids is 1. The summed E-state index contributed by atoms with van der Waals surface area (Å²) >= 11 is 0. The molecular weight excluding hydrogens is 204 g/mol. The van der Waals surface area contributed by atoms with Crippen molar-refractivity contribution in [2.45, 2.75) is 52.2 Å². The van der Waals surface area contributed by atoms with E-state index in [2.05, 4.69) is 24.1 Å². The molecule has 0 aromatic carbocycles. The van der Waals surface area contributed by atoms with E-state index < -0.39 is 0 Å². The van der Waals surface area contributed by atoms with E-state index in [9.17, 15) is 4.79 Å². The zero-order chi connectivity index (χ0) is 12.1. The van der Waals surface area contributed by atoms with Crippen LogP contribution in [0.4, 0.5) is 0 Å². The summed E-state index contributed by atoms with van der Waals surface area (Å²) in [7, 11) is 0. The van der Waals surface area contributed by atoms with Crippen molar-refractivity contribution in [1.82, 2.24) is 10.2 Å². The maximum Gasteiger partial charge on any atom is 0.323 e. The second kappa shape index (κ2) is 6.21. The lowest BCUT2D eigenvalue weighted by molar-refractivity contribution is -0.151. The maximum atomic E-state index is 11.8. The molecule has 4 nitrogen and oxygen atoms in total. The molecular formula is C12H24N2O2. The predicted octanol–water partition coefficient (Wildman–Crippen LogP) is 1.01. The van der Waals surface area contributed by atoms with Crippen LogP contribution in [0.25, 0.3) is 0 Å². The number of carbonyl (C=O) groups is 1. The number of esters is 1. The van der Waals surface area contributed by atoms with E-state index in [1.54, 1.807) is 0 Å². The van der Waals surface area contributed by atoms with Gasteiger partial charge < -0.3 is 10.1 Å². The van der Waals surface area contributed by atoms with Crippen molar-refractivity contribution in [2.24, 2.45) is 0 Å². The van der Waals surface area contributed by atoms with Gasteiger partial charge in [0.15, 0.2) is 0 Å². The topological polar surface area (TPSA) is 41.6 Å². The average Bonchev–Trinajstić information content (AvgIpc) is 2.24. The number of hydrogen-bond acceptors (Lipinski definition) is 4. The normalized spacial score (nSPS) is 28.8. The van der Waals surface area contributed by atoms with Gasteiger partial charge in [0.2, 0.25) is 0 Å². The van der Waals surface area contributed by atoms with Crippen molar-refractivity contribution in [2.75, 3.05) is 19.7 Å². The van der Waals surface area contributed by atoms with Crippen molar-refractivity contribution in [3.8, 4) is 0 Å². The van der Waals surface area contributed by atoms with Gasteiger partial charge in [-0.3, -0.25) is 9.69 Å². The smallest absolute Gasteiger partial charge is 0.323 e. The van der Waals surface area contributed by atoms with Gasteiger partial charge in [-0.25, -0.2) is 0 Å². The molecule has 0 aromatic heterocycles. The summed E-state index contributed by atoms with van der Waals surface area (Å²) in [6.45, 7) is 10.5. The van der Waals surface area contributed by atoms with Crippen LogP contribution in [-0.2, 0) is 9.53 Å². The molecule has 1 fully saturated rings. The highest BCUT2D eigenvalue weighted by molar-refractivity contribution is 5.75. The lowest BCUT2D eigenvalue weighted by Gasteiger charge is -2.41. The van der Waals surface area contributed by atoms with Crippen LogP contribution in [0.5, 0.6) is 0 Å². The van der Waals surface area contributed by atoms with Gasteiger partial charge in [0.05, 0.1) is 6.61 Å². The van der Waals surface area contributed by atoms with Crippen LogP contribution in [0, 0.1) is 0 Å². The third-order valence-electron chi connectivity index (χ3n) is 3.16. The van der Waals surface area contributed by atoms with Gasteiger partial charge in [-0.05, 0) is 27.2 Å². The van der Waals surface area contributed by atoms with Gasteiger partial charge in [0.1, 0.15) is 6.04 Å².